The van der Waals surface area contributed by atoms with Gasteiger partial charge in [-0.1, -0.05) is 13.0 Å². The maximum absolute atomic E-state index is 11.3. The molecular formula is C9H13NO. The minimum atomic E-state index is 0.0482. The molecule has 60 valence electrons. The summed E-state index contributed by atoms with van der Waals surface area (Å²) in [5.41, 5.74) is 1.77. The Balaban J connectivity index is 2.97. The third-order valence-corrected chi connectivity index (χ3v) is 2.01. The van der Waals surface area contributed by atoms with Gasteiger partial charge >= 0.3 is 0 Å². The number of nitrogens with one attached hydrogen (secondary N) is 1. The molecule has 2 nitrogen and oxygen atoms in total. The molecule has 1 N–H and O–H groups in total. The molecule has 1 aliphatic carbocycles. The molecule has 0 heterocycles. The number of Topliss-reactive ketones (excluding diaryl/α,β-unsaturated/α-hetero) is 1. The number of rotatable bonds is 1. The predicted molar refractivity (Wildman–Crippen MR) is 45.1 cm³/mol. The van der Waals surface area contributed by atoms with E-state index in [4.69, 9.17) is 0 Å². The minimum absolute atomic E-state index is 0.0482. The van der Waals surface area contributed by atoms with Crippen LogP contribution in [0.3, 0.4) is 0 Å². The predicted octanol–water partition coefficient (Wildman–Crippen LogP) is 1.25. The molecule has 2 heteroatoms. The first-order chi connectivity index (χ1) is 5.16. The van der Waals surface area contributed by atoms with Crippen LogP contribution in [-0.4, -0.2) is 12.8 Å². The van der Waals surface area contributed by atoms with Crippen LogP contribution in [0.15, 0.2) is 23.4 Å². The summed E-state index contributed by atoms with van der Waals surface area (Å²) in [7, 11) is 1.83. The summed E-state index contributed by atoms with van der Waals surface area (Å²) in [5.74, 6) is 0.268. The number of hydrogen-bond donors (Lipinski definition) is 1. The molecule has 11 heavy (non-hydrogen) atoms. The Bertz CT molecular complexity index is 238. The van der Waals surface area contributed by atoms with Crippen molar-refractivity contribution in [2.24, 2.45) is 5.92 Å². The molecule has 0 saturated carbocycles. The smallest absolute Gasteiger partial charge is 0.167 e. The summed E-state index contributed by atoms with van der Waals surface area (Å²) in [6, 6.07) is 0. The average molecular weight is 151 g/mol. The van der Waals surface area contributed by atoms with Gasteiger partial charge in [0.2, 0.25) is 0 Å². The monoisotopic (exact) mass is 151 g/mol. The van der Waals surface area contributed by atoms with Crippen LogP contribution in [0.4, 0.5) is 0 Å². The summed E-state index contributed by atoms with van der Waals surface area (Å²) < 4.78 is 0. The molecule has 1 atom stereocenters. The van der Waals surface area contributed by atoms with Crippen molar-refractivity contribution < 1.29 is 4.79 Å². The van der Waals surface area contributed by atoms with E-state index in [1.54, 1.807) is 0 Å². The highest BCUT2D eigenvalue weighted by atomic mass is 16.1. The van der Waals surface area contributed by atoms with E-state index in [-0.39, 0.29) is 11.7 Å². The largest absolute Gasteiger partial charge is 0.388 e. The van der Waals surface area contributed by atoms with Crippen LogP contribution in [-0.2, 0) is 4.79 Å². The lowest BCUT2D eigenvalue weighted by Gasteiger charge is -2.15. The number of carbonyl (C=O) groups excluding carboxylic acids is 1. The summed E-state index contributed by atoms with van der Waals surface area (Å²) in [4.78, 5) is 11.3. The fraction of sp³-hybridized carbons (Fsp3) is 0.444. The molecular weight excluding hydrogens is 138 g/mol. The Morgan fingerprint density at radius 3 is 2.73 bits per heavy atom. The molecule has 1 rings (SSSR count). The van der Waals surface area contributed by atoms with E-state index in [9.17, 15) is 4.79 Å². The molecule has 0 radical (unpaired) electrons. The van der Waals surface area contributed by atoms with E-state index in [2.05, 4.69) is 5.32 Å². The zero-order chi connectivity index (χ0) is 8.43. The lowest BCUT2D eigenvalue weighted by molar-refractivity contribution is -0.117. The van der Waals surface area contributed by atoms with Crippen molar-refractivity contribution in [1.29, 1.82) is 0 Å². The molecule has 0 aliphatic heterocycles. The minimum Gasteiger partial charge on any atom is -0.388 e. The van der Waals surface area contributed by atoms with Gasteiger partial charge in [-0.25, -0.2) is 0 Å². The summed E-state index contributed by atoms with van der Waals surface area (Å²) in [6.07, 6.45) is 3.88. The van der Waals surface area contributed by atoms with Crippen molar-refractivity contribution in [1.82, 2.24) is 5.32 Å². The van der Waals surface area contributed by atoms with Gasteiger partial charge in [0.15, 0.2) is 5.78 Å². The van der Waals surface area contributed by atoms with Crippen molar-refractivity contribution >= 4 is 5.78 Å². The van der Waals surface area contributed by atoms with Gasteiger partial charge in [0.25, 0.3) is 0 Å². The third-order valence-electron chi connectivity index (χ3n) is 2.01. The first-order valence-electron chi connectivity index (χ1n) is 3.78. The topological polar surface area (TPSA) is 29.1 Å². The van der Waals surface area contributed by atoms with Gasteiger partial charge in [0, 0.05) is 24.2 Å². The van der Waals surface area contributed by atoms with Gasteiger partial charge in [-0.15, -0.1) is 0 Å². The molecule has 1 unspecified atom stereocenters. The molecule has 0 spiro atoms. The molecule has 0 aromatic rings. The molecule has 0 fully saturated rings. The zero-order valence-corrected chi connectivity index (χ0v) is 7.14. The van der Waals surface area contributed by atoms with Crippen molar-refractivity contribution in [2.45, 2.75) is 13.8 Å². The number of hydrogen-bond acceptors (Lipinski definition) is 2. The molecule has 0 amide bonds. The van der Waals surface area contributed by atoms with Crippen LogP contribution in [0.5, 0.6) is 0 Å². The molecule has 1 aliphatic rings. The van der Waals surface area contributed by atoms with Crippen LogP contribution in [0.25, 0.3) is 0 Å². The number of carbonyl (C=O) groups is 1. The highest BCUT2D eigenvalue weighted by molar-refractivity contribution is 5.99. The maximum Gasteiger partial charge on any atom is 0.167 e. The van der Waals surface area contributed by atoms with Crippen molar-refractivity contribution in [3.8, 4) is 0 Å². The molecule has 0 saturated heterocycles. The van der Waals surface area contributed by atoms with Gasteiger partial charge in [-0.05, 0) is 13.0 Å². The number of likely N-dealkylation sites (N-methyl/N-ethyl adjacent to an activating group) is 1. The Morgan fingerprint density at radius 2 is 2.18 bits per heavy atom. The molecule has 0 aromatic carbocycles. The van der Waals surface area contributed by atoms with Crippen molar-refractivity contribution in [2.75, 3.05) is 7.05 Å². The lowest BCUT2D eigenvalue weighted by Crippen LogP contribution is -2.19. The fourth-order valence-electron chi connectivity index (χ4n) is 1.20. The van der Waals surface area contributed by atoms with Crippen LogP contribution in [0.1, 0.15) is 13.8 Å². The van der Waals surface area contributed by atoms with Gasteiger partial charge in [-0.3, -0.25) is 4.79 Å². The summed E-state index contributed by atoms with van der Waals surface area (Å²) >= 11 is 0. The highest BCUT2D eigenvalue weighted by Crippen LogP contribution is 2.17. The van der Waals surface area contributed by atoms with Crippen LogP contribution < -0.4 is 5.32 Å². The van der Waals surface area contributed by atoms with Crippen molar-refractivity contribution in [3.05, 3.63) is 23.4 Å². The highest BCUT2D eigenvalue weighted by Gasteiger charge is 2.17. The Morgan fingerprint density at radius 1 is 1.55 bits per heavy atom. The van der Waals surface area contributed by atoms with E-state index >= 15 is 0 Å². The second-order valence-corrected chi connectivity index (χ2v) is 2.80. The second-order valence-electron chi connectivity index (χ2n) is 2.80. The molecule has 0 bridgehead atoms. The second kappa shape index (κ2) is 2.91. The maximum atomic E-state index is 11.3. The standard InChI is InChI=1S/C9H13NO/c1-6-4-5-8(10-3)7(2)9(6)11/h4-6,10H,1-3H3. The number of ketones is 1. The van der Waals surface area contributed by atoms with Gasteiger partial charge < -0.3 is 5.32 Å². The Labute approximate surface area is 67.0 Å². The average Bonchev–Trinajstić information content (AvgIpc) is 2.01. The summed E-state index contributed by atoms with van der Waals surface area (Å²) in [5, 5.41) is 2.98. The van der Waals surface area contributed by atoms with Crippen molar-refractivity contribution in [3.63, 3.8) is 0 Å². The van der Waals surface area contributed by atoms with E-state index in [0.29, 0.717) is 0 Å². The van der Waals surface area contributed by atoms with E-state index in [0.717, 1.165) is 11.3 Å². The van der Waals surface area contributed by atoms with Crippen LogP contribution in [0, 0.1) is 5.92 Å². The quantitative estimate of drug-likeness (QED) is 0.611. The summed E-state index contributed by atoms with van der Waals surface area (Å²) in [6.45, 7) is 3.77. The normalized spacial score (nSPS) is 24.3. The first kappa shape index (κ1) is 8.05. The SMILES string of the molecule is CNC1=C(C)C(=O)C(C)C=C1. The van der Waals surface area contributed by atoms with Crippen LogP contribution >= 0.6 is 0 Å². The lowest BCUT2D eigenvalue weighted by atomic mass is 9.93. The number of allylic oxidation sites excluding steroid dienone is 3. The van der Waals surface area contributed by atoms with E-state index < -0.39 is 0 Å². The first-order valence-corrected chi connectivity index (χ1v) is 3.78. The molecule has 0 aromatic heterocycles. The van der Waals surface area contributed by atoms with Crippen LogP contribution in [0.2, 0.25) is 0 Å². The van der Waals surface area contributed by atoms with E-state index in [1.165, 1.54) is 0 Å². The zero-order valence-electron chi connectivity index (χ0n) is 7.14. The Kier molecular flexibility index (Phi) is 2.13. The fourth-order valence-corrected chi connectivity index (χ4v) is 1.20. The van der Waals surface area contributed by atoms with Gasteiger partial charge in [0.05, 0.1) is 0 Å². The van der Waals surface area contributed by atoms with Gasteiger partial charge in [-0.2, -0.15) is 0 Å². The van der Waals surface area contributed by atoms with E-state index in [1.807, 2.05) is 33.0 Å². The Hall–Kier alpha value is -1.05. The van der Waals surface area contributed by atoms with Gasteiger partial charge in [0.1, 0.15) is 0 Å². The third kappa shape index (κ3) is 1.34.